The molecule has 2 N–H and O–H groups in total. The molecular formula is C27H28N6O2S2. The monoisotopic (exact) mass is 532 g/mol. The van der Waals surface area contributed by atoms with Gasteiger partial charge in [0.15, 0.2) is 0 Å². The Morgan fingerprint density at radius 1 is 1.24 bits per heavy atom. The number of benzene rings is 1. The van der Waals surface area contributed by atoms with E-state index in [2.05, 4.69) is 32.2 Å². The number of nitrogens with one attached hydrogen (secondary N) is 2. The van der Waals surface area contributed by atoms with Crippen LogP contribution in [0.2, 0.25) is 0 Å². The number of aliphatic imine (C=N–C) groups is 1. The van der Waals surface area contributed by atoms with Gasteiger partial charge in [-0.25, -0.2) is 9.97 Å². The summed E-state index contributed by atoms with van der Waals surface area (Å²) >= 11 is 3.03. The Balaban J connectivity index is 1.18. The first-order valence-electron chi connectivity index (χ1n) is 12.3. The molecule has 190 valence electrons. The van der Waals surface area contributed by atoms with Crippen LogP contribution in [0.15, 0.2) is 70.6 Å². The third-order valence-electron chi connectivity index (χ3n) is 6.29. The molecule has 4 heterocycles. The van der Waals surface area contributed by atoms with E-state index in [1.807, 2.05) is 46.7 Å². The lowest BCUT2D eigenvalue weighted by atomic mass is 9.97. The van der Waals surface area contributed by atoms with Crippen molar-refractivity contribution in [2.45, 2.75) is 23.8 Å². The third kappa shape index (κ3) is 5.91. The number of hydrogen-bond acceptors (Lipinski definition) is 8. The highest BCUT2D eigenvalue weighted by atomic mass is 32.2. The van der Waals surface area contributed by atoms with Gasteiger partial charge in [-0.1, -0.05) is 18.2 Å². The van der Waals surface area contributed by atoms with Gasteiger partial charge in [0.1, 0.15) is 16.6 Å². The molecule has 2 aliphatic heterocycles. The van der Waals surface area contributed by atoms with Gasteiger partial charge in [-0.3, -0.25) is 14.6 Å². The minimum Gasteiger partial charge on any atom is -0.368 e. The number of aromatic nitrogens is 2. The zero-order valence-electron chi connectivity index (χ0n) is 20.4. The zero-order valence-corrected chi connectivity index (χ0v) is 22.0. The molecular weight excluding hydrogens is 504 g/mol. The number of amides is 2. The number of likely N-dealkylation sites (tertiary alicyclic amines) is 1. The Labute approximate surface area is 224 Å². The molecule has 3 aromatic rings. The summed E-state index contributed by atoms with van der Waals surface area (Å²) in [6, 6.07) is 11.3. The molecule has 0 unspecified atom stereocenters. The maximum atomic E-state index is 13.2. The number of hydrogen-bond donors (Lipinski definition) is 2. The first kappa shape index (κ1) is 25.2. The van der Waals surface area contributed by atoms with Crippen molar-refractivity contribution in [2.75, 3.05) is 37.2 Å². The topological polar surface area (TPSA) is 99.6 Å². The summed E-state index contributed by atoms with van der Waals surface area (Å²) in [4.78, 5) is 41.4. The first-order chi connectivity index (χ1) is 18.1. The van der Waals surface area contributed by atoms with E-state index in [9.17, 15) is 9.59 Å². The molecule has 10 heteroatoms. The Morgan fingerprint density at radius 3 is 2.89 bits per heavy atom. The highest BCUT2D eigenvalue weighted by Gasteiger charge is 2.28. The molecule has 0 atom stereocenters. The molecule has 37 heavy (non-hydrogen) atoms. The Hall–Kier alpha value is -3.50. The van der Waals surface area contributed by atoms with Gasteiger partial charge in [0, 0.05) is 54.1 Å². The Morgan fingerprint density at radius 2 is 2.11 bits per heavy atom. The van der Waals surface area contributed by atoms with Crippen LogP contribution in [0.3, 0.4) is 0 Å². The lowest BCUT2D eigenvalue weighted by Crippen LogP contribution is -2.38. The van der Waals surface area contributed by atoms with Crippen LogP contribution < -0.4 is 10.6 Å². The van der Waals surface area contributed by atoms with E-state index in [1.165, 1.54) is 23.1 Å². The second-order valence-corrected chi connectivity index (χ2v) is 10.7. The molecule has 2 amide bonds. The van der Waals surface area contributed by atoms with E-state index in [0.29, 0.717) is 35.8 Å². The van der Waals surface area contributed by atoms with Crippen LogP contribution in [0.5, 0.6) is 0 Å². The number of piperidine rings is 1. The van der Waals surface area contributed by atoms with Gasteiger partial charge in [0.25, 0.3) is 11.8 Å². The van der Waals surface area contributed by atoms with Gasteiger partial charge in [0.05, 0.1) is 17.1 Å². The van der Waals surface area contributed by atoms with Crippen molar-refractivity contribution in [1.29, 1.82) is 0 Å². The average Bonchev–Trinajstić information content (AvgIpc) is 3.65. The second kappa shape index (κ2) is 11.7. The summed E-state index contributed by atoms with van der Waals surface area (Å²) in [5.74, 6) is 1.58. The second-order valence-electron chi connectivity index (χ2n) is 8.79. The summed E-state index contributed by atoms with van der Waals surface area (Å²) in [6.45, 7) is 6.64. The van der Waals surface area contributed by atoms with Gasteiger partial charge in [-0.2, -0.15) is 0 Å². The molecule has 0 radical (unpaired) electrons. The van der Waals surface area contributed by atoms with Crippen LogP contribution in [0.4, 0.5) is 5.69 Å². The number of carbonyl (C=O) groups is 2. The normalized spacial score (nSPS) is 15.7. The maximum Gasteiger partial charge on any atom is 0.275 e. The van der Waals surface area contributed by atoms with Crippen molar-refractivity contribution >= 4 is 46.4 Å². The fourth-order valence-corrected chi connectivity index (χ4v) is 6.11. The lowest BCUT2D eigenvalue weighted by Gasteiger charge is -2.31. The number of thioether (sulfide) groups is 1. The van der Waals surface area contributed by atoms with Crippen LogP contribution in [0, 0.1) is 0 Å². The largest absolute Gasteiger partial charge is 0.368 e. The predicted molar refractivity (Wildman–Crippen MR) is 149 cm³/mol. The van der Waals surface area contributed by atoms with Crippen LogP contribution in [-0.4, -0.2) is 64.4 Å². The molecule has 8 nitrogen and oxygen atoms in total. The van der Waals surface area contributed by atoms with E-state index in [0.717, 1.165) is 47.4 Å². The minimum absolute atomic E-state index is 0.0123. The van der Waals surface area contributed by atoms with Gasteiger partial charge in [0.2, 0.25) is 0 Å². The van der Waals surface area contributed by atoms with Crippen molar-refractivity contribution in [3.63, 3.8) is 0 Å². The van der Waals surface area contributed by atoms with Crippen LogP contribution in [-0.2, 0) is 0 Å². The Kier molecular flexibility index (Phi) is 7.96. The molecule has 0 saturated carbocycles. The van der Waals surface area contributed by atoms with Crippen molar-refractivity contribution in [3.05, 3.63) is 82.5 Å². The summed E-state index contributed by atoms with van der Waals surface area (Å²) in [5.41, 5.74) is 2.72. The number of pyridine rings is 1. The minimum atomic E-state index is -0.227. The summed E-state index contributed by atoms with van der Waals surface area (Å²) in [7, 11) is 0. The molecule has 1 aromatic carbocycles. The van der Waals surface area contributed by atoms with Gasteiger partial charge < -0.3 is 15.5 Å². The molecule has 0 spiro atoms. The third-order valence-corrected chi connectivity index (χ3v) is 8.30. The predicted octanol–water partition coefficient (Wildman–Crippen LogP) is 4.44. The fourth-order valence-electron chi connectivity index (χ4n) is 4.42. The zero-order chi connectivity index (χ0) is 25.6. The van der Waals surface area contributed by atoms with Crippen LogP contribution in [0.25, 0.3) is 0 Å². The lowest BCUT2D eigenvalue weighted by molar-refractivity contribution is 0.0708. The number of carbonyl (C=O) groups excluding carboxylic acids is 2. The summed E-state index contributed by atoms with van der Waals surface area (Å²) in [6.07, 6.45) is 5.14. The number of thiazole rings is 1. The first-order valence-corrected chi connectivity index (χ1v) is 14.1. The standard InChI is InChI=1S/C27H28N6O2S2/c1-2-15-36-26-21(7-4-10-30-26)27(35)33-13-8-18(9-14-33)25-32-22(17-37-25)24(34)31-20-6-3-5-19(16-20)23-28-11-12-29-23/h2-7,10,16-18H,1,8-9,11-15H2,(H,28,29)(H,31,34). The summed E-state index contributed by atoms with van der Waals surface area (Å²) < 4.78 is 0. The number of rotatable bonds is 8. The van der Waals surface area contributed by atoms with Crippen molar-refractivity contribution in [3.8, 4) is 0 Å². The molecule has 1 saturated heterocycles. The molecule has 0 bridgehead atoms. The average molecular weight is 533 g/mol. The van der Waals surface area contributed by atoms with E-state index in [1.54, 1.807) is 12.3 Å². The number of amidine groups is 1. The quantitative estimate of drug-likeness (QED) is 0.329. The van der Waals surface area contributed by atoms with E-state index >= 15 is 0 Å². The highest BCUT2D eigenvalue weighted by molar-refractivity contribution is 7.99. The van der Waals surface area contributed by atoms with Gasteiger partial charge >= 0.3 is 0 Å². The van der Waals surface area contributed by atoms with Crippen molar-refractivity contribution in [1.82, 2.24) is 20.2 Å². The van der Waals surface area contributed by atoms with E-state index < -0.39 is 0 Å². The molecule has 2 aromatic heterocycles. The van der Waals surface area contributed by atoms with E-state index in [4.69, 9.17) is 0 Å². The summed E-state index contributed by atoms with van der Waals surface area (Å²) in [5, 5.41) is 9.70. The number of anilines is 1. The Bertz CT molecular complexity index is 1330. The van der Waals surface area contributed by atoms with E-state index in [-0.39, 0.29) is 17.7 Å². The SMILES string of the molecule is C=CCSc1ncccc1C(=O)N1CCC(c2nc(C(=O)Nc3cccc(C4=NCCN4)c3)cs2)CC1. The van der Waals surface area contributed by atoms with Gasteiger partial charge in [-0.05, 0) is 37.1 Å². The smallest absolute Gasteiger partial charge is 0.275 e. The molecule has 0 aliphatic carbocycles. The highest BCUT2D eigenvalue weighted by Crippen LogP contribution is 2.32. The van der Waals surface area contributed by atoms with Crippen molar-refractivity contribution in [2.24, 2.45) is 4.99 Å². The molecule has 1 fully saturated rings. The molecule has 2 aliphatic rings. The molecule has 5 rings (SSSR count). The van der Waals surface area contributed by atoms with Crippen molar-refractivity contribution < 1.29 is 9.59 Å². The van der Waals surface area contributed by atoms with Crippen LogP contribution in [0.1, 0.15) is 50.2 Å². The fraction of sp³-hybridized carbons (Fsp3) is 0.296. The number of nitrogens with zero attached hydrogens (tertiary/aromatic N) is 4. The van der Waals surface area contributed by atoms with Crippen LogP contribution >= 0.6 is 23.1 Å². The van der Waals surface area contributed by atoms with Gasteiger partial charge in [-0.15, -0.1) is 29.7 Å². The maximum absolute atomic E-state index is 13.2.